The molecule has 0 aliphatic heterocycles. The fraction of sp³-hybridized carbons (Fsp3) is 0.364. The number of ketones is 1. The van der Waals surface area contributed by atoms with E-state index in [0.717, 1.165) is 6.42 Å². The van der Waals surface area contributed by atoms with Crippen LogP contribution < -0.4 is 26.6 Å². The van der Waals surface area contributed by atoms with E-state index >= 15 is 0 Å². The minimum absolute atomic E-state index is 0.00594. The van der Waals surface area contributed by atoms with E-state index in [2.05, 4.69) is 5.10 Å². The predicted molar refractivity (Wildman–Crippen MR) is 117 cm³/mol. The highest BCUT2D eigenvalue weighted by Crippen LogP contribution is 2.33. The molecule has 0 spiro atoms. The highest BCUT2D eigenvalue weighted by atomic mass is 19.1. The molecule has 0 aliphatic rings. The Bertz CT molecular complexity index is 934. The number of ether oxygens (including phenoxy) is 2. The number of benzene rings is 2. The summed E-state index contributed by atoms with van der Waals surface area (Å²) in [5.41, 5.74) is 8.69. The maximum absolute atomic E-state index is 14.1. The number of carbonyl (C=O) groups excluding carboxylic acids is 1. The molecule has 2 aromatic carbocycles. The molecule has 0 atom stereocenters. The molecule has 0 radical (unpaired) electrons. The standard InChI is InChI=1S/C22H29FN4O4/c1-3-6-18-20(10-9-16(14(2)28)21(18)29)31-12-5-4-11-30-15-7-8-17(19(23)13-15)22(24)26-27-25/h7-10,13,27,29H,3-6,11-12,25H2,1-2H3,(H2,24,26). The van der Waals surface area contributed by atoms with Crippen molar-refractivity contribution in [3.63, 3.8) is 0 Å². The van der Waals surface area contributed by atoms with Crippen molar-refractivity contribution in [1.29, 1.82) is 0 Å². The molecule has 0 heterocycles. The molecule has 6 N–H and O–H groups in total. The molecule has 0 unspecified atom stereocenters. The monoisotopic (exact) mass is 432 g/mol. The molecular formula is C22H29FN4O4. The number of hydrogen-bond donors (Lipinski definition) is 4. The number of phenolic OH excluding ortho intramolecular Hbond substituents is 1. The fourth-order valence-corrected chi connectivity index (χ4v) is 3.03. The summed E-state index contributed by atoms with van der Waals surface area (Å²) in [5.74, 6) is 5.18. The summed E-state index contributed by atoms with van der Waals surface area (Å²) in [5, 5.41) is 13.9. The molecule has 0 aromatic heterocycles. The maximum Gasteiger partial charge on any atom is 0.163 e. The van der Waals surface area contributed by atoms with Crippen LogP contribution in [-0.4, -0.2) is 29.9 Å². The van der Waals surface area contributed by atoms with E-state index in [-0.39, 0.29) is 22.9 Å². The van der Waals surface area contributed by atoms with Crippen LogP contribution in [0, 0.1) is 5.82 Å². The number of nitrogens with two attached hydrogens (primary N) is 2. The Morgan fingerprint density at radius 3 is 2.45 bits per heavy atom. The van der Waals surface area contributed by atoms with Crippen LogP contribution >= 0.6 is 0 Å². The second-order valence-electron chi connectivity index (χ2n) is 6.92. The van der Waals surface area contributed by atoms with Gasteiger partial charge in [-0.25, -0.2) is 15.8 Å². The average Bonchev–Trinajstić information content (AvgIpc) is 2.72. The molecule has 0 saturated carbocycles. The van der Waals surface area contributed by atoms with Crippen molar-refractivity contribution in [1.82, 2.24) is 5.53 Å². The summed E-state index contributed by atoms with van der Waals surface area (Å²) in [6.45, 7) is 4.22. The van der Waals surface area contributed by atoms with Crippen molar-refractivity contribution < 1.29 is 23.8 Å². The third-order valence-electron chi connectivity index (χ3n) is 4.59. The zero-order valence-electron chi connectivity index (χ0n) is 17.8. The van der Waals surface area contributed by atoms with Crippen molar-refractivity contribution in [3.05, 3.63) is 52.8 Å². The van der Waals surface area contributed by atoms with Crippen molar-refractivity contribution in [2.75, 3.05) is 13.2 Å². The molecule has 8 nitrogen and oxygen atoms in total. The summed E-state index contributed by atoms with van der Waals surface area (Å²) in [6.07, 6.45) is 2.81. The van der Waals surface area contributed by atoms with Gasteiger partial charge in [0, 0.05) is 11.6 Å². The van der Waals surface area contributed by atoms with Gasteiger partial charge in [-0.2, -0.15) is 0 Å². The van der Waals surface area contributed by atoms with Gasteiger partial charge in [0.15, 0.2) is 11.6 Å². The Labute approximate surface area is 181 Å². The number of hydrogen-bond acceptors (Lipinski definition) is 7. The second kappa shape index (κ2) is 11.8. The lowest BCUT2D eigenvalue weighted by Gasteiger charge is -2.14. The molecule has 0 aliphatic carbocycles. The van der Waals surface area contributed by atoms with Crippen molar-refractivity contribution >= 4 is 11.6 Å². The molecule has 0 amide bonds. The molecule has 2 rings (SSSR count). The molecule has 168 valence electrons. The lowest BCUT2D eigenvalue weighted by atomic mass is 10.0. The summed E-state index contributed by atoms with van der Waals surface area (Å²) in [4.78, 5) is 11.6. The molecular weight excluding hydrogens is 403 g/mol. The molecule has 0 saturated heterocycles. The number of unbranched alkanes of at least 4 members (excludes halogenated alkanes) is 1. The van der Waals surface area contributed by atoms with E-state index in [9.17, 15) is 14.3 Å². The molecule has 31 heavy (non-hydrogen) atoms. The first-order valence-corrected chi connectivity index (χ1v) is 10.1. The first-order valence-electron chi connectivity index (χ1n) is 10.1. The highest BCUT2D eigenvalue weighted by molar-refractivity contribution is 5.98. The third-order valence-corrected chi connectivity index (χ3v) is 4.59. The van der Waals surface area contributed by atoms with E-state index in [1.165, 1.54) is 19.1 Å². The van der Waals surface area contributed by atoms with Gasteiger partial charge >= 0.3 is 0 Å². The third kappa shape index (κ3) is 6.58. The van der Waals surface area contributed by atoms with Crippen LogP contribution in [0.25, 0.3) is 0 Å². The van der Waals surface area contributed by atoms with Crippen LogP contribution in [0.1, 0.15) is 54.6 Å². The van der Waals surface area contributed by atoms with Crippen LogP contribution in [-0.2, 0) is 6.42 Å². The predicted octanol–water partition coefficient (Wildman–Crippen LogP) is 3.01. The van der Waals surface area contributed by atoms with Crippen LogP contribution in [0.2, 0.25) is 0 Å². The zero-order chi connectivity index (χ0) is 22.8. The van der Waals surface area contributed by atoms with Gasteiger partial charge in [0.1, 0.15) is 23.1 Å². The van der Waals surface area contributed by atoms with E-state index in [1.807, 2.05) is 12.5 Å². The minimum atomic E-state index is -0.561. The first kappa shape index (κ1) is 23.9. The number of amidine groups is 1. The quantitative estimate of drug-likeness (QED) is 0.101. The fourth-order valence-electron chi connectivity index (χ4n) is 3.03. The van der Waals surface area contributed by atoms with Crippen LogP contribution in [0.5, 0.6) is 17.2 Å². The number of hydrazone groups is 1. The van der Waals surface area contributed by atoms with Gasteiger partial charge < -0.3 is 20.3 Å². The van der Waals surface area contributed by atoms with Crippen LogP contribution in [0.4, 0.5) is 4.39 Å². The van der Waals surface area contributed by atoms with E-state index in [0.29, 0.717) is 55.1 Å². The highest BCUT2D eigenvalue weighted by Gasteiger charge is 2.15. The van der Waals surface area contributed by atoms with Crippen molar-refractivity contribution in [2.24, 2.45) is 16.7 Å². The summed E-state index contributed by atoms with van der Waals surface area (Å²) in [7, 11) is 0. The summed E-state index contributed by atoms with van der Waals surface area (Å²) < 4.78 is 25.5. The average molecular weight is 432 g/mol. The van der Waals surface area contributed by atoms with Gasteiger partial charge in [-0.1, -0.05) is 13.3 Å². The molecule has 0 bridgehead atoms. The number of phenols is 1. The Morgan fingerprint density at radius 2 is 1.84 bits per heavy atom. The van der Waals surface area contributed by atoms with Gasteiger partial charge in [-0.05, 0) is 50.5 Å². The van der Waals surface area contributed by atoms with Gasteiger partial charge in [0.2, 0.25) is 0 Å². The number of carbonyl (C=O) groups is 1. The number of halogens is 1. The van der Waals surface area contributed by atoms with Crippen molar-refractivity contribution in [3.8, 4) is 17.2 Å². The van der Waals surface area contributed by atoms with Crippen LogP contribution in [0.15, 0.2) is 35.4 Å². The van der Waals surface area contributed by atoms with Gasteiger partial charge in [0.05, 0.1) is 24.3 Å². The Balaban J connectivity index is 1.84. The molecule has 9 heteroatoms. The topological polar surface area (TPSA) is 132 Å². The smallest absolute Gasteiger partial charge is 0.163 e. The largest absolute Gasteiger partial charge is 0.507 e. The van der Waals surface area contributed by atoms with E-state index < -0.39 is 5.82 Å². The SMILES string of the molecule is CCCc1c(OCCCCOc2ccc(/C(N)=N/NN)c(F)c2)ccc(C(C)=O)c1O. The van der Waals surface area contributed by atoms with Gasteiger partial charge in [0.25, 0.3) is 0 Å². The number of nitrogens with one attached hydrogen (secondary N) is 1. The Morgan fingerprint density at radius 1 is 1.16 bits per heavy atom. The lowest BCUT2D eigenvalue weighted by Crippen LogP contribution is -2.23. The molecule has 0 fully saturated rings. The van der Waals surface area contributed by atoms with E-state index in [1.54, 1.807) is 18.2 Å². The maximum atomic E-state index is 14.1. The van der Waals surface area contributed by atoms with Gasteiger partial charge in [-0.15, -0.1) is 5.10 Å². The Kier molecular flexibility index (Phi) is 9.08. The number of aromatic hydroxyl groups is 1. The lowest BCUT2D eigenvalue weighted by molar-refractivity contribution is 0.101. The van der Waals surface area contributed by atoms with Gasteiger partial charge in [-0.3, -0.25) is 4.79 Å². The molecule has 2 aromatic rings. The van der Waals surface area contributed by atoms with Crippen LogP contribution in [0.3, 0.4) is 0 Å². The summed E-state index contributed by atoms with van der Waals surface area (Å²) in [6, 6.07) is 7.60. The van der Waals surface area contributed by atoms with E-state index in [4.69, 9.17) is 21.1 Å². The minimum Gasteiger partial charge on any atom is -0.507 e. The number of nitrogens with zero attached hydrogens (tertiary/aromatic N) is 1. The first-order chi connectivity index (χ1) is 14.9. The Hall–Kier alpha value is -3.33. The number of rotatable bonds is 12. The van der Waals surface area contributed by atoms with Crippen molar-refractivity contribution in [2.45, 2.75) is 39.5 Å². The normalized spacial score (nSPS) is 11.3. The number of hydrazine groups is 1. The zero-order valence-corrected chi connectivity index (χ0v) is 17.8. The second-order valence-corrected chi connectivity index (χ2v) is 6.92. The summed E-state index contributed by atoms with van der Waals surface area (Å²) >= 11 is 0. The number of Topliss-reactive ketones (excluding diaryl/α,β-unsaturated/α-hetero) is 1.